The second-order valence-corrected chi connectivity index (χ2v) is 7.12. The minimum absolute atomic E-state index is 0.000231. The Morgan fingerprint density at radius 3 is 2.71 bits per heavy atom. The molecule has 1 heterocycles. The Hall–Kier alpha value is -1.31. The Kier molecular flexibility index (Phi) is 5.08. The van der Waals surface area contributed by atoms with Gasteiger partial charge >= 0.3 is 10.2 Å². The average Bonchev–Trinajstić information content (AvgIpc) is 2.46. The molecular formula is C14H23N3O3S. The molecule has 3 N–H and O–H groups in total. The van der Waals surface area contributed by atoms with Crippen LogP contribution in [0.2, 0.25) is 0 Å². The molecule has 0 aliphatic carbocycles. The summed E-state index contributed by atoms with van der Waals surface area (Å²) in [5.74, 6) is 0. The van der Waals surface area contributed by atoms with E-state index in [0.717, 1.165) is 19.3 Å². The van der Waals surface area contributed by atoms with Crippen LogP contribution in [0.3, 0.4) is 0 Å². The number of hydrogen-bond donors (Lipinski definition) is 2. The molecule has 6 nitrogen and oxygen atoms in total. The lowest BCUT2D eigenvalue weighted by Crippen LogP contribution is -2.50. The molecule has 118 valence electrons. The van der Waals surface area contributed by atoms with Crippen LogP contribution in [0.15, 0.2) is 24.3 Å². The largest absolute Gasteiger partial charge is 0.397 e. The standard InChI is InChI=1S/C14H23N3O3S/c1-12-6-4-5-9-16(12)21(19,20)17(10-11-18)14-8-3-2-7-13(14)15/h2-3,7-8,12,18H,4-6,9-11,15H2,1H3. The van der Waals surface area contributed by atoms with Gasteiger partial charge < -0.3 is 10.8 Å². The van der Waals surface area contributed by atoms with Gasteiger partial charge in [0.25, 0.3) is 0 Å². The van der Waals surface area contributed by atoms with E-state index in [9.17, 15) is 13.5 Å². The zero-order valence-corrected chi connectivity index (χ0v) is 13.1. The zero-order valence-electron chi connectivity index (χ0n) is 12.3. The number of aliphatic hydroxyl groups excluding tert-OH is 1. The highest BCUT2D eigenvalue weighted by Gasteiger charge is 2.35. The molecule has 1 unspecified atom stereocenters. The van der Waals surface area contributed by atoms with E-state index in [0.29, 0.717) is 17.9 Å². The number of anilines is 2. The Morgan fingerprint density at radius 1 is 1.38 bits per heavy atom. The number of nitrogens with zero attached hydrogens (tertiary/aromatic N) is 2. The lowest BCUT2D eigenvalue weighted by molar-refractivity contribution is 0.264. The summed E-state index contributed by atoms with van der Waals surface area (Å²) < 4.78 is 28.6. The summed E-state index contributed by atoms with van der Waals surface area (Å²) in [6.07, 6.45) is 2.76. The van der Waals surface area contributed by atoms with Gasteiger partial charge in [-0.2, -0.15) is 12.7 Å². The van der Waals surface area contributed by atoms with Gasteiger partial charge in [-0.1, -0.05) is 18.6 Å². The van der Waals surface area contributed by atoms with Gasteiger partial charge in [0.05, 0.1) is 24.5 Å². The van der Waals surface area contributed by atoms with Crippen molar-refractivity contribution in [1.82, 2.24) is 4.31 Å². The SMILES string of the molecule is CC1CCCCN1S(=O)(=O)N(CCO)c1ccccc1N. The summed E-state index contributed by atoms with van der Waals surface area (Å²) in [5, 5.41) is 9.25. The van der Waals surface area contributed by atoms with Gasteiger partial charge in [-0.15, -0.1) is 0 Å². The summed E-state index contributed by atoms with van der Waals surface area (Å²) in [7, 11) is -3.68. The number of piperidine rings is 1. The molecule has 2 rings (SSSR count). The maximum atomic E-state index is 12.9. The van der Waals surface area contributed by atoms with E-state index in [1.54, 1.807) is 24.3 Å². The Bertz CT molecular complexity index is 577. The first-order valence-corrected chi connectivity index (χ1v) is 8.63. The van der Waals surface area contributed by atoms with Crippen LogP contribution in [0.1, 0.15) is 26.2 Å². The third kappa shape index (κ3) is 3.30. The third-order valence-electron chi connectivity index (χ3n) is 3.83. The topological polar surface area (TPSA) is 86.9 Å². The van der Waals surface area contributed by atoms with E-state index in [1.165, 1.54) is 8.61 Å². The highest BCUT2D eigenvalue weighted by molar-refractivity contribution is 7.90. The molecule has 1 saturated heterocycles. The molecule has 1 aromatic rings. The van der Waals surface area contributed by atoms with E-state index in [-0.39, 0.29) is 19.2 Å². The van der Waals surface area contributed by atoms with Gasteiger partial charge in [-0.25, -0.2) is 0 Å². The lowest BCUT2D eigenvalue weighted by atomic mass is 10.1. The molecule has 0 saturated carbocycles. The lowest BCUT2D eigenvalue weighted by Gasteiger charge is -2.37. The number of hydrogen-bond acceptors (Lipinski definition) is 4. The number of nitrogen functional groups attached to an aromatic ring is 1. The van der Waals surface area contributed by atoms with Crippen molar-refractivity contribution in [2.75, 3.05) is 29.7 Å². The number of rotatable bonds is 5. The summed E-state index contributed by atoms with van der Waals surface area (Å²) in [5.41, 5.74) is 6.72. The maximum absolute atomic E-state index is 12.9. The number of nitrogens with two attached hydrogens (primary N) is 1. The molecule has 7 heteroatoms. The normalized spacial score (nSPS) is 20.4. The van der Waals surface area contributed by atoms with Crippen LogP contribution >= 0.6 is 0 Å². The molecule has 0 radical (unpaired) electrons. The molecule has 0 aromatic heterocycles. The third-order valence-corrected chi connectivity index (χ3v) is 5.90. The van der Waals surface area contributed by atoms with Crippen LogP contribution in [-0.4, -0.2) is 43.6 Å². The smallest absolute Gasteiger partial charge is 0.304 e. The summed E-state index contributed by atoms with van der Waals surface area (Å²) in [4.78, 5) is 0. The molecule has 21 heavy (non-hydrogen) atoms. The van der Waals surface area contributed by atoms with Crippen LogP contribution in [0.5, 0.6) is 0 Å². The second kappa shape index (κ2) is 6.64. The quantitative estimate of drug-likeness (QED) is 0.799. The molecule has 0 amide bonds. The van der Waals surface area contributed by atoms with Gasteiger partial charge in [-0.05, 0) is 31.9 Å². The van der Waals surface area contributed by atoms with E-state index in [4.69, 9.17) is 5.73 Å². The van der Waals surface area contributed by atoms with Crippen molar-refractivity contribution < 1.29 is 13.5 Å². The second-order valence-electron chi connectivity index (χ2n) is 5.32. The molecule has 1 fully saturated rings. The van der Waals surface area contributed by atoms with Crippen LogP contribution < -0.4 is 10.0 Å². The first kappa shape index (κ1) is 16.1. The molecular weight excluding hydrogens is 290 g/mol. The monoisotopic (exact) mass is 313 g/mol. The van der Waals surface area contributed by atoms with Gasteiger partial charge in [0, 0.05) is 12.6 Å². The van der Waals surface area contributed by atoms with Gasteiger partial charge in [0.15, 0.2) is 0 Å². The van der Waals surface area contributed by atoms with Gasteiger partial charge in [-0.3, -0.25) is 4.31 Å². The van der Waals surface area contributed by atoms with Crippen molar-refractivity contribution in [3.63, 3.8) is 0 Å². The summed E-state index contributed by atoms with van der Waals surface area (Å²) >= 11 is 0. The van der Waals surface area contributed by atoms with Crippen molar-refractivity contribution in [2.24, 2.45) is 0 Å². The van der Waals surface area contributed by atoms with Crippen molar-refractivity contribution in [3.8, 4) is 0 Å². The fourth-order valence-electron chi connectivity index (χ4n) is 2.71. The van der Waals surface area contributed by atoms with E-state index < -0.39 is 10.2 Å². The summed E-state index contributed by atoms with van der Waals surface area (Å²) in [6, 6.07) is 6.79. The molecule has 1 aliphatic rings. The van der Waals surface area contributed by atoms with E-state index in [1.807, 2.05) is 6.92 Å². The number of benzene rings is 1. The van der Waals surface area contributed by atoms with Crippen molar-refractivity contribution in [3.05, 3.63) is 24.3 Å². The number of para-hydroxylation sites is 2. The highest BCUT2D eigenvalue weighted by atomic mass is 32.2. The fourth-order valence-corrected chi connectivity index (χ4v) is 4.61. The number of aliphatic hydroxyl groups is 1. The van der Waals surface area contributed by atoms with Crippen LogP contribution in [-0.2, 0) is 10.2 Å². The molecule has 0 bridgehead atoms. The van der Waals surface area contributed by atoms with E-state index >= 15 is 0 Å². The van der Waals surface area contributed by atoms with E-state index in [2.05, 4.69) is 0 Å². The Morgan fingerprint density at radius 2 is 2.10 bits per heavy atom. The molecule has 0 spiro atoms. The van der Waals surface area contributed by atoms with Crippen molar-refractivity contribution in [1.29, 1.82) is 0 Å². The first-order valence-electron chi connectivity index (χ1n) is 7.23. The predicted molar refractivity (Wildman–Crippen MR) is 84.2 cm³/mol. The Balaban J connectivity index is 2.39. The van der Waals surface area contributed by atoms with Crippen LogP contribution in [0, 0.1) is 0 Å². The van der Waals surface area contributed by atoms with Gasteiger partial charge in [0.2, 0.25) is 0 Å². The molecule has 1 aromatic carbocycles. The van der Waals surface area contributed by atoms with Gasteiger partial charge in [0.1, 0.15) is 0 Å². The predicted octanol–water partition coefficient (Wildman–Crippen LogP) is 1.19. The minimum atomic E-state index is -3.68. The van der Waals surface area contributed by atoms with Crippen molar-refractivity contribution >= 4 is 21.6 Å². The molecule has 1 atom stereocenters. The fraction of sp³-hybridized carbons (Fsp3) is 0.571. The maximum Gasteiger partial charge on any atom is 0.304 e. The van der Waals surface area contributed by atoms with Crippen molar-refractivity contribution in [2.45, 2.75) is 32.2 Å². The summed E-state index contributed by atoms with van der Waals surface area (Å²) in [6.45, 7) is 2.18. The minimum Gasteiger partial charge on any atom is -0.397 e. The van der Waals surface area contributed by atoms with Crippen LogP contribution in [0.4, 0.5) is 11.4 Å². The zero-order chi connectivity index (χ0) is 15.5. The highest BCUT2D eigenvalue weighted by Crippen LogP contribution is 2.29. The Labute approximate surface area is 126 Å². The average molecular weight is 313 g/mol. The van der Waals surface area contributed by atoms with Crippen LogP contribution in [0.25, 0.3) is 0 Å². The first-order chi connectivity index (χ1) is 9.98. The molecule has 1 aliphatic heterocycles.